The summed E-state index contributed by atoms with van der Waals surface area (Å²) >= 11 is 6.12. The van der Waals surface area contributed by atoms with E-state index >= 15 is 0 Å². The minimum atomic E-state index is 0.281. The lowest BCUT2D eigenvalue weighted by molar-refractivity contribution is 0.224. The van der Waals surface area contributed by atoms with Gasteiger partial charge in [-0.05, 0) is 43.7 Å². The van der Waals surface area contributed by atoms with Crippen molar-refractivity contribution in [3.05, 3.63) is 22.8 Å². The van der Waals surface area contributed by atoms with Crippen LogP contribution in [-0.4, -0.2) is 11.5 Å². The van der Waals surface area contributed by atoms with Crippen LogP contribution < -0.4 is 11.1 Å². The Morgan fingerprint density at radius 2 is 2.30 bits per heavy atom. The fourth-order valence-corrected chi connectivity index (χ4v) is 3.50. The van der Waals surface area contributed by atoms with Gasteiger partial charge in [-0.1, -0.05) is 38.3 Å². The molecule has 0 saturated heterocycles. The van der Waals surface area contributed by atoms with Crippen LogP contribution in [0.4, 0.5) is 5.82 Å². The Labute approximate surface area is 127 Å². The fourth-order valence-electron chi connectivity index (χ4n) is 3.33. The van der Waals surface area contributed by atoms with Crippen LogP contribution in [0.2, 0.25) is 5.02 Å². The van der Waals surface area contributed by atoms with Gasteiger partial charge in [-0.25, -0.2) is 4.98 Å². The first-order valence-electron chi connectivity index (χ1n) is 7.76. The van der Waals surface area contributed by atoms with Crippen LogP contribution in [0.5, 0.6) is 0 Å². The lowest BCUT2D eigenvalue weighted by Gasteiger charge is -2.34. The Kier molecular flexibility index (Phi) is 5.67. The summed E-state index contributed by atoms with van der Waals surface area (Å²) in [4.78, 5) is 4.23. The molecule has 1 aromatic rings. The number of nitrogens with zero attached hydrogens (tertiary/aromatic N) is 1. The van der Waals surface area contributed by atoms with Crippen molar-refractivity contribution < 1.29 is 0 Å². The lowest BCUT2D eigenvalue weighted by atomic mass is 9.76. The van der Waals surface area contributed by atoms with E-state index < -0.39 is 0 Å². The van der Waals surface area contributed by atoms with Gasteiger partial charge in [0.05, 0.1) is 5.02 Å². The summed E-state index contributed by atoms with van der Waals surface area (Å²) in [6.45, 7) is 5.54. The molecule has 0 radical (unpaired) electrons. The number of nitrogen functional groups attached to an aromatic ring is 1. The molecule has 3 N–H and O–H groups in total. The van der Waals surface area contributed by atoms with Gasteiger partial charge in [0.15, 0.2) is 0 Å². The molecule has 0 amide bonds. The van der Waals surface area contributed by atoms with Crippen molar-refractivity contribution in [2.75, 3.05) is 12.3 Å². The van der Waals surface area contributed by atoms with Gasteiger partial charge in [-0.2, -0.15) is 0 Å². The van der Waals surface area contributed by atoms with E-state index in [-0.39, 0.29) is 6.04 Å². The number of halogens is 1. The summed E-state index contributed by atoms with van der Waals surface area (Å²) in [5.41, 5.74) is 7.17. The number of hydrogen-bond donors (Lipinski definition) is 2. The van der Waals surface area contributed by atoms with E-state index in [1.807, 2.05) is 6.07 Å². The topological polar surface area (TPSA) is 50.9 Å². The summed E-state index contributed by atoms with van der Waals surface area (Å²) < 4.78 is 0. The van der Waals surface area contributed by atoms with E-state index in [4.69, 9.17) is 17.3 Å². The molecular weight excluding hydrogens is 270 g/mol. The molecule has 1 fully saturated rings. The molecule has 20 heavy (non-hydrogen) atoms. The van der Waals surface area contributed by atoms with Crippen molar-refractivity contribution >= 4 is 17.4 Å². The Balaban J connectivity index is 2.23. The van der Waals surface area contributed by atoms with Crippen molar-refractivity contribution in [1.82, 2.24) is 10.3 Å². The maximum absolute atomic E-state index is 6.12. The SMILES string of the molecule is CCCNC(c1cc(Cl)cnc1N)C1CCCC(C)C1. The van der Waals surface area contributed by atoms with E-state index in [9.17, 15) is 0 Å². The third kappa shape index (κ3) is 3.86. The monoisotopic (exact) mass is 295 g/mol. The second-order valence-electron chi connectivity index (χ2n) is 6.09. The molecule has 0 aromatic carbocycles. The first kappa shape index (κ1) is 15.6. The van der Waals surface area contributed by atoms with Gasteiger partial charge in [0.1, 0.15) is 5.82 Å². The molecule has 4 heteroatoms. The number of rotatable bonds is 5. The Morgan fingerprint density at radius 1 is 1.50 bits per heavy atom. The highest BCUT2D eigenvalue weighted by Crippen LogP contribution is 2.38. The highest BCUT2D eigenvalue weighted by Gasteiger charge is 2.29. The predicted molar refractivity (Wildman–Crippen MR) is 85.8 cm³/mol. The number of nitrogens with one attached hydrogen (secondary N) is 1. The van der Waals surface area contributed by atoms with Gasteiger partial charge in [0.2, 0.25) is 0 Å². The van der Waals surface area contributed by atoms with Crippen LogP contribution in [0.15, 0.2) is 12.3 Å². The lowest BCUT2D eigenvalue weighted by Crippen LogP contribution is -2.32. The number of hydrogen-bond acceptors (Lipinski definition) is 3. The average Bonchev–Trinajstić information content (AvgIpc) is 2.43. The minimum Gasteiger partial charge on any atom is -0.383 e. The third-order valence-corrected chi connectivity index (χ3v) is 4.52. The van der Waals surface area contributed by atoms with Gasteiger partial charge in [0.25, 0.3) is 0 Å². The number of pyridine rings is 1. The standard InChI is InChI=1S/C16H26ClN3/c1-3-7-19-15(12-6-4-5-11(2)8-12)14-9-13(17)10-20-16(14)18/h9-12,15,19H,3-8H2,1-2H3,(H2,18,20). The van der Waals surface area contributed by atoms with E-state index in [0.29, 0.717) is 16.8 Å². The zero-order chi connectivity index (χ0) is 14.5. The summed E-state index contributed by atoms with van der Waals surface area (Å²) in [6.07, 6.45) is 7.92. The van der Waals surface area contributed by atoms with Gasteiger partial charge >= 0.3 is 0 Å². The second kappa shape index (κ2) is 7.28. The third-order valence-electron chi connectivity index (χ3n) is 4.31. The van der Waals surface area contributed by atoms with Crippen molar-refractivity contribution in [1.29, 1.82) is 0 Å². The summed E-state index contributed by atoms with van der Waals surface area (Å²) in [6, 6.07) is 2.26. The van der Waals surface area contributed by atoms with Crippen molar-refractivity contribution in [3.8, 4) is 0 Å². The van der Waals surface area contributed by atoms with Gasteiger partial charge in [-0.3, -0.25) is 0 Å². The maximum Gasteiger partial charge on any atom is 0.128 e. The minimum absolute atomic E-state index is 0.281. The number of aromatic nitrogens is 1. The number of anilines is 1. The van der Waals surface area contributed by atoms with Crippen LogP contribution >= 0.6 is 11.6 Å². The van der Waals surface area contributed by atoms with Crippen molar-refractivity contribution in [2.24, 2.45) is 11.8 Å². The molecule has 1 heterocycles. The first-order chi connectivity index (χ1) is 9.61. The molecule has 0 spiro atoms. The molecule has 2 rings (SSSR count). The molecule has 0 aliphatic heterocycles. The number of nitrogens with two attached hydrogens (primary N) is 1. The largest absolute Gasteiger partial charge is 0.383 e. The van der Waals surface area contributed by atoms with Crippen LogP contribution in [0.3, 0.4) is 0 Å². The highest BCUT2D eigenvalue weighted by atomic mass is 35.5. The summed E-state index contributed by atoms with van der Waals surface area (Å²) in [5.74, 6) is 2.04. The zero-order valence-electron chi connectivity index (χ0n) is 12.5. The Hall–Kier alpha value is -0.800. The molecule has 1 aliphatic carbocycles. The molecule has 1 saturated carbocycles. The Morgan fingerprint density at radius 3 is 3.00 bits per heavy atom. The first-order valence-corrected chi connectivity index (χ1v) is 8.14. The van der Waals surface area contributed by atoms with Crippen LogP contribution in [0.1, 0.15) is 57.6 Å². The average molecular weight is 296 g/mol. The smallest absolute Gasteiger partial charge is 0.128 e. The molecule has 3 atom stereocenters. The zero-order valence-corrected chi connectivity index (χ0v) is 13.3. The predicted octanol–water partition coefficient (Wildman–Crippen LogP) is 4.18. The molecule has 3 nitrogen and oxygen atoms in total. The molecule has 1 aromatic heterocycles. The van der Waals surface area contributed by atoms with Crippen LogP contribution in [0.25, 0.3) is 0 Å². The quantitative estimate of drug-likeness (QED) is 0.856. The molecule has 0 bridgehead atoms. The van der Waals surface area contributed by atoms with Crippen molar-refractivity contribution in [2.45, 2.75) is 52.0 Å². The van der Waals surface area contributed by atoms with E-state index in [1.54, 1.807) is 6.20 Å². The normalized spacial score (nSPS) is 24.6. The molecule has 1 aliphatic rings. The second-order valence-corrected chi connectivity index (χ2v) is 6.53. The highest BCUT2D eigenvalue weighted by molar-refractivity contribution is 6.30. The van der Waals surface area contributed by atoms with Crippen LogP contribution in [0, 0.1) is 11.8 Å². The summed E-state index contributed by atoms with van der Waals surface area (Å²) in [7, 11) is 0. The van der Waals surface area contributed by atoms with E-state index in [2.05, 4.69) is 24.1 Å². The van der Waals surface area contributed by atoms with Crippen molar-refractivity contribution in [3.63, 3.8) is 0 Å². The maximum atomic E-state index is 6.12. The van der Waals surface area contributed by atoms with Gasteiger partial charge in [0, 0.05) is 17.8 Å². The Bertz CT molecular complexity index is 436. The molecule has 112 valence electrons. The van der Waals surface area contributed by atoms with Gasteiger partial charge < -0.3 is 11.1 Å². The summed E-state index contributed by atoms with van der Waals surface area (Å²) in [5, 5.41) is 4.33. The molecule has 3 unspecified atom stereocenters. The fraction of sp³-hybridized carbons (Fsp3) is 0.688. The molecular formula is C16H26ClN3. The van der Waals surface area contributed by atoms with E-state index in [0.717, 1.165) is 24.4 Å². The van der Waals surface area contributed by atoms with Crippen LogP contribution in [-0.2, 0) is 0 Å². The van der Waals surface area contributed by atoms with E-state index in [1.165, 1.54) is 25.7 Å². The van der Waals surface area contributed by atoms with Gasteiger partial charge in [-0.15, -0.1) is 0 Å².